The molecule has 5 rings (SSSR count). The summed E-state index contributed by atoms with van der Waals surface area (Å²) in [5.74, 6) is -0.237. The fourth-order valence-electron chi connectivity index (χ4n) is 4.34. The highest BCUT2D eigenvalue weighted by Gasteiger charge is 2.29. The molecule has 0 radical (unpaired) electrons. The predicted molar refractivity (Wildman–Crippen MR) is 136 cm³/mol. The van der Waals surface area contributed by atoms with E-state index in [-0.39, 0.29) is 30.0 Å². The van der Waals surface area contributed by atoms with Crippen LogP contribution in [0.25, 0.3) is 10.6 Å². The van der Waals surface area contributed by atoms with Gasteiger partial charge in [0.25, 0.3) is 5.91 Å². The standard InChI is InChI=1S/C26H24FN5O3S/c1-16-22(35-23-7-3-2-6-19(23)27)9-8-20(24(16)32-12-4-5-18(32)14-33)30-25(34)21-15-36-26(31-21)17-10-11-28-29-13-17/h2-3,6-11,13,15,18,33H,4-5,12,14H2,1H3,(H,30,34)/t18-/m1/s1. The van der Waals surface area contributed by atoms with Crippen molar-refractivity contribution >= 4 is 28.6 Å². The Labute approximate surface area is 211 Å². The van der Waals surface area contributed by atoms with Crippen molar-refractivity contribution in [3.63, 3.8) is 0 Å². The highest BCUT2D eigenvalue weighted by molar-refractivity contribution is 7.13. The van der Waals surface area contributed by atoms with Crippen molar-refractivity contribution in [2.24, 2.45) is 0 Å². The summed E-state index contributed by atoms with van der Waals surface area (Å²) in [6, 6.07) is 11.4. The molecule has 36 heavy (non-hydrogen) atoms. The molecule has 2 aromatic heterocycles. The maximum Gasteiger partial charge on any atom is 0.275 e. The number of aliphatic hydroxyl groups is 1. The number of nitrogens with one attached hydrogen (secondary N) is 1. The number of carbonyl (C=O) groups excluding carboxylic acids is 1. The van der Waals surface area contributed by atoms with Crippen molar-refractivity contribution in [1.29, 1.82) is 0 Å². The molecule has 10 heteroatoms. The van der Waals surface area contributed by atoms with Crippen LogP contribution in [0.4, 0.5) is 15.8 Å². The van der Waals surface area contributed by atoms with Crippen LogP contribution in [0.1, 0.15) is 28.9 Å². The monoisotopic (exact) mass is 505 g/mol. The quantitative estimate of drug-likeness (QED) is 0.362. The lowest BCUT2D eigenvalue weighted by atomic mass is 10.1. The first-order valence-corrected chi connectivity index (χ1v) is 12.4. The second-order valence-corrected chi connectivity index (χ2v) is 9.27. The number of aromatic nitrogens is 3. The molecule has 1 saturated heterocycles. The van der Waals surface area contributed by atoms with Gasteiger partial charge in [-0.25, -0.2) is 9.37 Å². The first-order valence-electron chi connectivity index (χ1n) is 11.5. The Hall–Kier alpha value is -3.89. The molecule has 3 heterocycles. The molecule has 1 aliphatic rings. The number of nitrogens with zero attached hydrogens (tertiary/aromatic N) is 4. The number of amides is 1. The number of rotatable bonds is 7. The molecule has 1 atom stereocenters. The molecule has 1 fully saturated rings. The Kier molecular flexibility index (Phi) is 6.88. The Morgan fingerprint density at radius 1 is 1.22 bits per heavy atom. The van der Waals surface area contributed by atoms with Crippen molar-refractivity contribution in [3.8, 4) is 22.1 Å². The average Bonchev–Trinajstić information content (AvgIpc) is 3.58. The van der Waals surface area contributed by atoms with Gasteiger partial charge in [-0.1, -0.05) is 12.1 Å². The van der Waals surface area contributed by atoms with E-state index in [2.05, 4.69) is 25.4 Å². The molecular formula is C26H24FN5O3S. The van der Waals surface area contributed by atoms with Gasteiger partial charge in [0.05, 0.1) is 36.4 Å². The second kappa shape index (κ2) is 10.4. The SMILES string of the molecule is Cc1c(Oc2ccccc2F)ccc(NC(=O)c2csc(-c3ccnnc3)n2)c1N1CCC[C@@H]1CO. The number of halogens is 1. The van der Waals surface area contributed by atoms with Crippen LogP contribution < -0.4 is 15.0 Å². The molecule has 1 aliphatic heterocycles. The van der Waals surface area contributed by atoms with E-state index in [4.69, 9.17) is 4.74 Å². The molecule has 4 aromatic rings. The first kappa shape index (κ1) is 23.8. The molecule has 0 spiro atoms. The van der Waals surface area contributed by atoms with Crippen molar-refractivity contribution < 1.29 is 19.0 Å². The van der Waals surface area contributed by atoms with E-state index >= 15 is 0 Å². The van der Waals surface area contributed by atoms with E-state index in [9.17, 15) is 14.3 Å². The average molecular weight is 506 g/mol. The normalized spacial score (nSPS) is 15.2. The third-order valence-corrected chi connectivity index (χ3v) is 7.02. The highest BCUT2D eigenvalue weighted by atomic mass is 32.1. The minimum atomic E-state index is -0.464. The summed E-state index contributed by atoms with van der Waals surface area (Å²) in [5.41, 5.74) is 3.10. The van der Waals surface area contributed by atoms with Crippen molar-refractivity contribution in [1.82, 2.24) is 15.2 Å². The number of thiazole rings is 1. The summed E-state index contributed by atoms with van der Waals surface area (Å²) >= 11 is 1.34. The molecule has 2 N–H and O–H groups in total. The van der Waals surface area contributed by atoms with Gasteiger partial charge >= 0.3 is 0 Å². The van der Waals surface area contributed by atoms with Gasteiger partial charge < -0.3 is 20.1 Å². The van der Waals surface area contributed by atoms with Gasteiger partial charge in [-0.05, 0) is 50.1 Å². The van der Waals surface area contributed by atoms with E-state index in [0.29, 0.717) is 23.0 Å². The lowest BCUT2D eigenvalue weighted by molar-refractivity contribution is 0.102. The summed E-state index contributed by atoms with van der Waals surface area (Å²) in [6.45, 7) is 2.57. The zero-order chi connectivity index (χ0) is 25.1. The molecule has 184 valence electrons. The van der Waals surface area contributed by atoms with Gasteiger partial charge in [-0.2, -0.15) is 10.2 Å². The number of hydrogen-bond acceptors (Lipinski definition) is 8. The second-order valence-electron chi connectivity index (χ2n) is 8.41. The van der Waals surface area contributed by atoms with Crippen LogP contribution in [-0.4, -0.2) is 45.4 Å². The van der Waals surface area contributed by atoms with E-state index in [1.165, 1.54) is 17.4 Å². The number of carbonyl (C=O) groups is 1. The van der Waals surface area contributed by atoms with Gasteiger partial charge in [-0.15, -0.1) is 11.3 Å². The van der Waals surface area contributed by atoms with Crippen LogP contribution in [0.5, 0.6) is 11.5 Å². The number of para-hydroxylation sites is 1. The van der Waals surface area contributed by atoms with Crippen LogP contribution in [0.3, 0.4) is 0 Å². The Bertz CT molecular complexity index is 1380. The third-order valence-electron chi connectivity index (χ3n) is 6.13. The largest absolute Gasteiger partial charge is 0.454 e. The van der Waals surface area contributed by atoms with E-state index in [1.807, 2.05) is 6.92 Å². The fourth-order valence-corrected chi connectivity index (χ4v) is 5.13. The lowest BCUT2D eigenvalue weighted by Crippen LogP contribution is -2.33. The smallest absolute Gasteiger partial charge is 0.275 e. The van der Waals surface area contributed by atoms with Crippen LogP contribution >= 0.6 is 11.3 Å². The van der Waals surface area contributed by atoms with E-state index in [0.717, 1.165) is 29.7 Å². The Balaban J connectivity index is 1.47. The molecule has 2 aromatic carbocycles. The van der Waals surface area contributed by atoms with Crippen molar-refractivity contribution in [3.05, 3.63) is 77.3 Å². The van der Waals surface area contributed by atoms with Crippen molar-refractivity contribution in [2.75, 3.05) is 23.4 Å². The molecule has 8 nitrogen and oxygen atoms in total. The number of hydrogen-bond donors (Lipinski definition) is 2. The summed E-state index contributed by atoms with van der Waals surface area (Å²) in [5, 5.41) is 22.9. The zero-order valence-corrected chi connectivity index (χ0v) is 20.3. The van der Waals surface area contributed by atoms with Crippen LogP contribution in [0.2, 0.25) is 0 Å². The zero-order valence-electron chi connectivity index (χ0n) is 19.5. The van der Waals surface area contributed by atoms with Gasteiger partial charge in [0, 0.05) is 23.1 Å². The summed E-state index contributed by atoms with van der Waals surface area (Å²) in [7, 11) is 0. The maximum absolute atomic E-state index is 14.2. The number of aliphatic hydroxyl groups excluding tert-OH is 1. The highest BCUT2D eigenvalue weighted by Crippen LogP contribution is 2.41. The maximum atomic E-state index is 14.2. The minimum Gasteiger partial charge on any atom is -0.454 e. The molecular weight excluding hydrogens is 481 g/mol. The molecule has 0 aliphatic carbocycles. The van der Waals surface area contributed by atoms with Gasteiger partial charge in [0.2, 0.25) is 0 Å². The molecule has 0 saturated carbocycles. The minimum absolute atomic E-state index is 0.0133. The number of anilines is 2. The summed E-state index contributed by atoms with van der Waals surface area (Å²) in [4.78, 5) is 19.7. The number of ether oxygens (including phenoxy) is 1. The van der Waals surface area contributed by atoms with Crippen LogP contribution in [0.15, 0.2) is 60.2 Å². The van der Waals surface area contributed by atoms with E-state index < -0.39 is 5.82 Å². The first-order chi connectivity index (χ1) is 17.5. The van der Waals surface area contributed by atoms with Crippen LogP contribution in [0, 0.1) is 12.7 Å². The van der Waals surface area contributed by atoms with Gasteiger partial charge in [0.1, 0.15) is 16.5 Å². The predicted octanol–water partition coefficient (Wildman–Crippen LogP) is 5.05. The molecule has 0 bridgehead atoms. The van der Waals surface area contributed by atoms with Crippen molar-refractivity contribution in [2.45, 2.75) is 25.8 Å². The van der Waals surface area contributed by atoms with Gasteiger partial charge in [-0.3, -0.25) is 4.79 Å². The molecule has 1 amide bonds. The number of benzene rings is 2. The summed E-state index contributed by atoms with van der Waals surface area (Å²) < 4.78 is 20.2. The fraction of sp³-hybridized carbons (Fsp3) is 0.231. The third kappa shape index (κ3) is 4.77. The van der Waals surface area contributed by atoms with Crippen LogP contribution in [-0.2, 0) is 0 Å². The topological polar surface area (TPSA) is 100 Å². The molecule has 0 unspecified atom stereocenters. The lowest BCUT2D eigenvalue weighted by Gasteiger charge is -2.30. The van der Waals surface area contributed by atoms with E-state index in [1.54, 1.807) is 54.2 Å². The van der Waals surface area contributed by atoms with Gasteiger partial charge in [0.15, 0.2) is 11.6 Å². The summed E-state index contributed by atoms with van der Waals surface area (Å²) in [6.07, 6.45) is 4.91. The Morgan fingerprint density at radius 3 is 2.86 bits per heavy atom. The Morgan fingerprint density at radius 2 is 2.08 bits per heavy atom.